The lowest BCUT2D eigenvalue weighted by Gasteiger charge is -2.08. The zero-order valence-corrected chi connectivity index (χ0v) is 15.5. The van der Waals surface area contributed by atoms with Gasteiger partial charge in [0.25, 0.3) is 11.8 Å². The van der Waals surface area contributed by atoms with Crippen molar-refractivity contribution >= 4 is 22.6 Å². The molecule has 0 unspecified atom stereocenters. The van der Waals surface area contributed by atoms with Crippen LogP contribution in [0.4, 0.5) is 0 Å². The van der Waals surface area contributed by atoms with Crippen molar-refractivity contribution in [1.82, 2.24) is 9.55 Å². The molecule has 0 radical (unpaired) electrons. The largest absolute Gasteiger partial charge is 0.494 e. The van der Waals surface area contributed by atoms with Gasteiger partial charge < -0.3 is 10.2 Å². The van der Waals surface area contributed by atoms with Gasteiger partial charge in [-0.15, -0.1) is 10.2 Å². The van der Waals surface area contributed by atoms with E-state index in [1.54, 1.807) is 6.07 Å². The van der Waals surface area contributed by atoms with Gasteiger partial charge in [-0.2, -0.15) is 0 Å². The van der Waals surface area contributed by atoms with Crippen LogP contribution in [-0.2, 0) is 6.54 Å². The third kappa shape index (κ3) is 3.90. The van der Waals surface area contributed by atoms with E-state index in [-0.39, 0.29) is 22.9 Å². The van der Waals surface area contributed by atoms with Gasteiger partial charge >= 0.3 is 0 Å². The Balaban J connectivity index is 1.85. The van der Waals surface area contributed by atoms with E-state index >= 15 is 0 Å². The molecule has 2 heterocycles. The Bertz CT molecular complexity index is 1060. The summed E-state index contributed by atoms with van der Waals surface area (Å²) >= 11 is 0. The van der Waals surface area contributed by atoms with Gasteiger partial charge in [0, 0.05) is 35.3 Å². The topological polar surface area (TPSA) is 117 Å². The van der Waals surface area contributed by atoms with Crippen molar-refractivity contribution in [2.75, 3.05) is 0 Å². The van der Waals surface area contributed by atoms with Gasteiger partial charge in [-0.1, -0.05) is 13.8 Å². The van der Waals surface area contributed by atoms with Crippen LogP contribution in [0.1, 0.15) is 41.0 Å². The van der Waals surface area contributed by atoms with Crippen LogP contribution in [0.3, 0.4) is 0 Å². The molecule has 28 heavy (non-hydrogen) atoms. The maximum atomic E-state index is 12.3. The fourth-order valence-electron chi connectivity index (χ4n) is 2.74. The van der Waals surface area contributed by atoms with E-state index in [2.05, 4.69) is 15.2 Å². The molecule has 8 nitrogen and oxygen atoms in total. The molecule has 3 rings (SSSR count). The predicted octanol–water partition coefficient (Wildman–Crippen LogP) is 3.93. The van der Waals surface area contributed by atoms with Crippen LogP contribution in [0, 0.1) is 5.92 Å². The van der Waals surface area contributed by atoms with Crippen LogP contribution < -0.4 is 0 Å². The molecule has 0 bridgehead atoms. The number of aromatic hydroxyl groups is 2. The molecular formula is C20H20N4O4. The first kappa shape index (κ1) is 19.2. The van der Waals surface area contributed by atoms with Crippen LogP contribution in [0.2, 0.25) is 0 Å². The minimum atomic E-state index is -0.729. The molecule has 0 saturated heterocycles. The number of nitrogens with zero attached hydrogens (tertiary/aromatic N) is 4. The lowest BCUT2D eigenvalue weighted by atomic mass is 10.1. The second-order valence-electron chi connectivity index (χ2n) is 6.79. The number of hydrogen-bond donors (Lipinski definition) is 2. The molecule has 2 amide bonds. The highest BCUT2D eigenvalue weighted by atomic mass is 16.3. The normalized spacial score (nSPS) is 11.5. The maximum absolute atomic E-state index is 12.3. The summed E-state index contributed by atoms with van der Waals surface area (Å²) in [5.41, 5.74) is 0.367. The van der Waals surface area contributed by atoms with Crippen molar-refractivity contribution in [1.29, 1.82) is 0 Å². The van der Waals surface area contributed by atoms with Gasteiger partial charge in [0.2, 0.25) is 11.8 Å². The fraction of sp³-hybridized carbons (Fsp3) is 0.250. The Morgan fingerprint density at radius 2 is 1.71 bits per heavy atom. The Labute approximate surface area is 161 Å². The summed E-state index contributed by atoms with van der Waals surface area (Å²) in [6.45, 7) is 4.55. The first-order valence-electron chi connectivity index (χ1n) is 8.83. The Kier molecular flexibility index (Phi) is 5.49. The third-order valence-corrected chi connectivity index (χ3v) is 4.33. The molecule has 0 spiro atoms. The highest BCUT2D eigenvalue weighted by molar-refractivity contribution is 6.03. The summed E-state index contributed by atoms with van der Waals surface area (Å²) in [4.78, 5) is 28.0. The first-order valence-corrected chi connectivity index (χ1v) is 8.83. The van der Waals surface area contributed by atoms with Crippen LogP contribution in [0.15, 0.2) is 53.0 Å². The molecule has 0 atom stereocenters. The van der Waals surface area contributed by atoms with Gasteiger partial charge in [0.15, 0.2) is 0 Å². The van der Waals surface area contributed by atoms with Crippen LogP contribution >= 0.6 is 0 Å². The Morgan fingerprint density at radius 1 is 1.04 bits per heavy atom. The summed E-state index contributed by atoms with van der Waals surface area (Å²) in [5, 5.41) is 28.4. The van der Waals surface area contributed by atoms with Gasteiger partial charge in [-0.3, -0.25) is 19.1 Å². The number of amides is 2. The third-order valence-electron chi connectivity index (χ3n) is 4.33. The zero-order valence-electron chi connectivity index (χ0n) is 15.5. The molecule has 2 N–H and O–H groups in total. The number of rotatable bonds is 5. The van der Waals surface area contributed by atoms with E-state index in [4.69, 9.17) is 0 Å². The van der Waals surface area contributed by atoms with Crippen molar-refractivity contribution < 1.29 is 19.8 Å². The summed E-state index contributed by atoms with van der Waals surface area (Å²) in [6.07, 6.45) is 3.63. The highest BCUT2D eigenvalue weighted by Gasteiger charge is 2.18. The van der Waals surface area contributed by atoms with E-state index in [1.165, 1.54) is 41.2 Å². The van der Waals surface area contributed by atoms with Crippen LogP contribution in [-0.4, -0.2) is 31.6 Å². The Morgan fingerprint density at radius 3 is 2.36 bits per heavy atom. The van der Waals surface area contributed by atoms with Crippen molar-refractivity contribution in [3.8, 4) is 11.8 Å². The average Bonchev–Trinajstić information content (AvgIpc) is 2.94. The van der Waals surface area contributed by atoms with Crippen molar-refractivity contribution in [3.63, 3.8) is 0 Å². The van der Waals surface area contributed by atoms with Gasteiger partial charge in [-0.05, 0) is 42.7 Å². The summed E-state index contributed by atoms with van der Waals surface area (Å²) in [5.74, 6) is -1.18. The number of hydrogen-bond acceptors (Lipinski definition) is 5. The molecule has 0 aliphatic rings. The minimum absolute atomic E-state index is 0.0551. The maximum Gasteiger partial charge on any atom is 0.297 e. The van der Waals surface area contributed by atoms with Crippen molar-refractivity contribution in [2.45, 2.75) is 26.8 Å². The Hall–Kier alpha value is -3.55. The quantitative estimate of drug-likeness (QED) is 0.651. The molecular weight excluding hydrogens is 360 g/mol. The van der Waals surface area contributed by atoms with Crippen LogP contribution in [0.5, 0.6) is 11.8 Å². The number of benzene rings is 1. The van der Waals surface area contributed by atoms with Crippen molar-refractivity contribution in [2.24, 2.45) is 16.1 Å². The number of carbonyl (C=O) groups is 2. The number of fused-ring (bicyclic) bond motifs is 1. The van der Waals surface area contributed by atoms with Crippen molar-refractivity contribution in [3.05, 3.63) is 53.9 Å². The van der Waals surface area contributed by atoms with E-state index in [9.17, 15) is 19.8 Å². The monoisotopic (exact) mass is 380 g/mol. The summed E-state index contributed by atoms with van der Waals surface area (Å²) < 4.78 is 1.41. The van der Waals surface area contributed by atoms with E-state index < -0.39 is 11.8 Å². The zero-order chi connectivity index (χ0) is 20.3. The lowest BCUT2D eigenvalue weighted by Crippen LogP contribution is -2.00. The van der Waals surface area contributed by atoms with Crippen LogP contribution in [0.25, 0.3) is 10.8 Å². The first-order chi connectivity index (χ1) is 13.4. The molecule has 0 aliphatic heterocycles. The number of azo groups is 1. The van der Waals surface area contributed by atoms with Gasteiger partial charge in [0.05, 0.1) is 5.56 Å². The molecule has 0 saturated carbocycles. The standard InChI is InChI=1S/C20H20N4O4/c1-12(2)7-9-24-19(27)15-6-5-13(10-16(15)20(24)28)17(25)22-23-18(26)14-4-3-8-21-11-14/h3-6,8,10-12,27-28H,7,9H2,1-2H3. The molecule has 1 aromatic carbocycles. The summed E-state index contributed by atoms with van der Waals surface area (Å²) in [6, 6.07) is 7.52. The molecule has 8 heteroatoms. The summed E-state index contributed by atoms with van der Waals surface area (Å²) in [7, 11) is 0. The SMILES string of the molecule is CC(C)CCn1c(O)c2ccc(C(=O)N=NC(=O)c3cccnc3)cc2c1O. The molecule has 2 aromatic heterocycles. The highest BCUT2D eigenvalue weighted by Crippen LogP contribution is 2.37. The smallest absolute Gasteiger partial charge is 0.297 e. The predicted molar refractivity (Wildman–Crippen MR) is 102 cm³/mol. The molecule has 3 aromatic rings. The van der Waals surface area contributed by atoms with E-state index in [0.29, 0.717) is 23.2 Å². The number of pyridine rings is 1. The number of carbonyl (C=O) groups excluding carboxylic acids is 2. The van der Waals surface area contributed by atoms with E-state index in [0.717, 1.165) is 6.42 Å². The molecule has 0 fully saturated rings. The lowest BCUT2D eigenvalue weighted by molar-refractivity contribution is 0.0946. The second kappa shape index (κ2) is 7.99. The average molecular weight is 380 g/mol. The fourth-order valence-corrected chi connectivity index (χ4v) is 2.74. The number of aromatic nitrogens is 2. The molecule has 0 aliphatic carbocycles. The minimum Gasteiger partial charge on any atom is -0.494 e. The van der Waals surface area contributed by atoms with Gasteiger partial charge in [0.1, 0.15) is 0 Å². The van der Waals surface area contributed by atoms with E-state index in [1.807, 2.05) is 13.8 Å². The second-order valence-corrected chi connectivity index (χ2v) is 6.79. The molecule has 144 valence electrons. The van der Waals surface area contributed by atoms with Gasteiger partial charge in [-0.25, -0.2) is 0 Å².